The van der Waals surface area contributed by atoms with Crippen LogP contribution in [0.4, 0.5) is 5.82 Å². The summed E-state index contributed by atoms with van der Waals surface area (Å²) in [5.74, 6) is 1.68. The van der Waals surface area contributed by atoms with E-state index in [1.54, 1.807) is 13.4 Å². The minimum atomic E-state index is 0.164. The molecule has 0 aliphatic heterocycles. The lowest BCUT2D eigenvalue weighted by molar-refractivity contribution is 0.406. The average Bonchev–Trinajstić information content (AvgIpc) is 2.82. The second-order valence-electron chi connectivity index (χ2n) is 9.92. The Hall–Kier alpha value is -3.25. The molecule has 180 valence electrons. The maximum atomic E-state index is 5.27. The van der Waals surface area contributed by atoms with Crippen molar-refractivity contribution in [3.63, 3.8) is 0 Å². The van der Waals surface area contributed by atoms with Gasteiger partial charge in [-0.3, -0.25) is 0 Å². The number of hydrogen-bond acceptors (Lipinski definition) is 5. The van der Waals surface area contributed by atoms with Gasteiger partial charge in [0.15, 0.2) is 0 Å². The first-order chi connectivity index (χ1) is 16.7. The van der Waals surface area contributed by atoms with E-state index in [1.165, 1.54) is 0 Å². The van der Waals surface area contributed by atoms with Crippen LogP contribution in [0.15, 0.2) is 65.4 Å². The van der Waals surface area contributed by atoms with E-state index >= 15 is 0 Å². The fraction of sp³-hybridized carbons (Fsp3) is 0.276. The summed E-state index contributed by atoms with van der Waals surface area (Å²) in [4.78, 5) is 14.0. The molecule has 5 nitrogen and oxygen atoms in total. The lowest BCUT2D eigenvalue weighted by Crippen LogP contribution is -2.11. The number of anilines is 1. The third-order valence-corrected chi connectivity index (χ3v) is 6.13. The summed E-state index contributed by atoms with van der Waals surface area (Å²) in [5, 5.41) is 4.61. The Bertz CT molecular complexity index is 1360. The van der Waals surface area contributed by atoms with Crippen LogP contribution in [0.2, 0.25) is 0 Å². The second kappa shape index (κ2) is 10.6. The van der Waals surface area contributed by atoms with Gasteiger partial charge in [0.2, 0.25) is 0 Å². The molecule has 6 heteroatoms. The summed E-state index contributed by atoms with van der Waals surface area (Å²) < 4.78 is 6.30. The van der Waals surface area contributed by atoms with Gasteiger partial charge in [-0.2, -0.15) is 0 Å². The first kappa shape index (κ1) is 24.9. The van der Waals surface area contributed by atoms with Gasteiger partial charge >= 0.3 is 0 Å². The quantitative estimate of drug-likeness (QED) is 0.267. The summed E-state index contributed by atoms with van der Waals surface area (Å²) >= 11 is 3.58. The van der Waals surface area contributed by atoms with Crippen LogP contribution in [0.25, 0.3) is 22.6 Å². The van der Waals surface area contributed by atoms with Crippen LogP contribution in [0.1, 0.15) is 50.2 Å². The molecule has 0 amide bonds. The minimum Gasteiger partial charge on any atom is -0.497 e. The van der Waals surface area contributed by atoms with E-state index in [2.05, 4.69) is 95.3 Å². The number of allylic oxidation sites excluding steroid dienone is 1. The van der Waals surface area contributed by atoms with Crippen LogP contribution in [0.3, 0.4) is 0 Å². The maximum Gasteiger partial charge on any atom is 0.134 e. The monoisotopic (exact) mass is 530 g/mol. The van der Waals surface area contributed by atoms with E-state index in [1.807, 2.05) is 24.3 Å². The molecule has 0 unspecified atom stereocenters. The molecule has 0 radical (unpaired) electrons. The van der Waals surface area contributed by atoms with E-state index in [4.69, 9.17) is 9.72 Å². The topological polar surface area (TPSA) is 59.9 Å². The fourth-order valence-electron chi connectivity index (χ4n) is 3.90. The highest BCUT2D eigenvalue weighted by atomic mass is 79.9. The average molecular weight is 531 g/mol. The van der Waals surface area contributed by atoms with Gasteiger partial charge in [-0.25, -0.2) is 15.0 Å². The van der Waals surface area contributed by atoms with Gasteiger partial charge in [0.1, 0.15) is 17.9 Å². The van der Waals surface area contributed by atoms with E-state index in [-0.39, 0.29) is 5.41 Å². The lowest BCUT2D eigenvalue weighted by atomic mass is 9.90. The summed E-state index contributed by atoms with van der Waals surface area (Å²) in [6.45, 7) is 9.40. The van der Waals surface area contributed by atoms with Gasteiger partial charge in [-0.1, -0.05) is 48.8 Å². The molecule has 0 aliphatic rings. The maximum absolute atomic E-state index is 5.27. The molecule has 0 spiro atoms. The normalized spacial score (nSPS) is 12.1. The molecule has 4 rings (SSSR count). The highest BCUT2D eigenvalue weighted by Crippen LogP contribution is 2.28. The lowest BCUT2D eigenvalue weighted by Gasteiger charge is -2.17. The standard InChI is InChI=1S/C29H31BrN4O/c1-19(27-15-24(32-18-33-27)16-29(2,3)4)12-22-13-21-14-23(30)8-11-26(21)34-28(22)31-17-20-6-9-25(35-5)10-7-20/h6-15,18H,16-17H2,1-5H3,(H,31,34)/b19-12-. The Morgan fingerprint density at radius 3 is 2.51 bits per heavy atom. The van der Waals surface area contributed by atoms with Gasteiger partial charge in [0, 0.05) is 27.7 Å². The fourth-order valence-corrected chi connectivity index (χ4v) is 4.28. The van der Waals surface area contributed by atoms with Gasteiger partial charge in [0.25, 0.3) is 0 Å². The van der Waals surface area contributed by atoms with E-state index in [0.29, 0.717) is 6.54 Å². The zero-order valence-corrected chi connectivity index (χ0v) is 22.5. The van der Waals surface area contributed by atoms with Crippen LogP contribution in [-0.4, -0.2) is 22.1 Å². The van der Waals surface area contributed by atoms with E-state index < -0.39 is 0 Å². The number of benzene rings is 2. The van der Waals surface area contributed by atoms with Gasteiger partial charge in [-0.05, 0) is 78.4 Å². The first-order valence-electron chi connectivity index (χ1n) is 11.7. The number of hydrogen-bond donors (Lipinski definition) is 1. The summed E-state index contributed by atoms with van der Waals surface area (Å²) in [5.41, 5.74) is 6.30. The second-order valence-corrected chi connectivity index (χ2v) is 10.8. The highest BCUT2D eigenvalue weighted by molar-refractivity contribution is 9.10. The van der Waals surface area contributed by atoms with Crippen molar-refractivity contribution >= 4 is 44.3 Å². The van der Waals surface area contributed by atoms with Crippen molar-refractivity contribution in [2.45, 2.75) is 40.7 Å². The molecule has 4 aromatic rings. The number of halogens is 1. The molecule has 2 heterocycles. The zero-order valence-electron chi connectivity index (χ0n) is 20.9. The molecule has 2 aromatic heterocycles. The summed E-state index contributed by atoms with van der Waals surface area (Å²) in [6.07, 6.45) is 4.70. The van der Waals surface area contributed by atoms with E-state index in [0.717, 1.165) is 61.5 Å². The van der Waals surface area contributed by atoms with Crippen LogP contribution < -0.4 is 10.1 Å². The smallest absolute Gasteiger partial charge is 0.134 e. The molecule has 0 atom stereocenters. The number of fused-ring (bicyclic) bond motifs is 1. The first-order valence-corrected chi connectivity index (χ1v) is 12.5. The number of ether oxygens (including phenoxy) is 1. The number of pyridine rings is 1. The molecular weight excluding hydrogens is 500 g/mol. The minimum absolute atomic E-state index is 0.164. The number of methoxy groups -OCH3 is 1. The molecule has 0 fully saturated rings. The van der Waals surface area contributed by atoms with Crippen molar-refractivity contribution in [1.82, 2.24) is 15.0 Å². The molecule has 0 saturated heterocycles. The third kappa shape index (κ3) is 6.67. The van der Waals surface area contributed by atoms with Crippen LogP contribution >= 0.6 is 15.9 Å². The van der Waals surface area contributed by atoms with Crippen molar-refractivity contribution in [3.05, 3.63) is 87.9 Å². The Morgan fingerprint density at radius 1 is 1.03 bits per heavy atom. The Balaban J connectivity index is 1.69. The highest BCUT2D eigenvalue weighted by Gasteiger charge is 2.14. The van der Waals surface area contributed by atoms with Crippen molar-refractivity contribution in [3.8, 4) is 5.75 Å². The van der Waals surface area contributed by atoms with Crippen LogP contribution in [0, 0.1) is 5.41 Å². The molecule has 1 N–H and O–H groups in total. The Morgan fingerprint density at radius 2 is 1.80 bits per heavy atom. The van der Waals surface area contributed by atoms with Crippen LogP contribution in [-0.2, 0) is 13.0 Å². The van der Waals surface area contributed by atoms with Crippen molar-refractivity contribution < 1.29 is 4.74 Å². The van der Waals surface area contributed by atoms with Crippen molar-refractivity contribution in [2.24, 2.45) is 5.41 Å². The molecule has 0 saturated carbocycles. The van der Waals surface area contributed by atoms with Gasteiger partial charge < -0.3 is 10.1 Å². The SMILES string of the molecule is COc1ccc(CNc2nc3ccc(Br)cc3cc2/C=C(/C)c2cc(CC(C)(C)C)ncn2)cc1. The predicted molar refractivity (Wildman–Crippen MR) is 148 cm³/mol. The molecule has 0 aliphatic carbocycles. The Kier molecular flexibility index (Phi) is 7.51. The summed E-state index contributed by atoms with van der Waals surface area (Å²) in [6, 6.07) is 18.5. The number of rotatable bonds is 7. The molecule has 2 aromatic carbocycles. The zero-order chi connectivity index (χ0) is 25.0. The molecular formula is C29H31BrN4O. The Labute approximate surface area is 215 Å². The largest absolute Gasteiger partial charge is 0.497 e. The van der Waals surface area contributed by atoms with Gasteiger partial charge in [0.05, 0.1) is 18.3 Å². The van der Waals surface area contributed by atoms with E-state index in [9.17, 15) is 0 Å². The number of nitrogens with one attached hydrogen (secondary N) is 1. The third-order valence-electron chi connectivity index (χ3n) is 5.64. The summed E-state index contributed by atoms with van der Waals surface area (Å²) in [7, 11) is 1.68. The van der Waals surface area contributed by atoms with Crippen molar-refractivity contribution in [1.29, 1.82) is 0 Å². The number of nitrogens with zero attached hydrogens (tertiary/aromatic N) is 3. The number of aromatic nitrogens is 3. The van der Waals surface area contributed by atoms with Crippen LogP contribution in [0.5, 0.6) is 5.75 Å². The molecule has 0 bridgehead atoms. The van der Waals surface area contributed by atoms with Gasteiger partial charge in [-0.15, -0.1) is 0 Å². The molecule has 35 heavy (non-hydrogen) atoms. The predicted octanol–water partition coefficient (Wildman–Crippen LogP) is 7.56. The van der Waals surface area contributed by atoms with Crippen molar-refractivity contribution in [2.75, 3.05) is 12.4 Å².